The van der Waals surface area contributed by atoms with Gasteiger partial charge in [-0.1, -0.05) is 42.5 Å². The van der Waals surface area contributed by atoms with Gasteiger partial charge in [-0.25, -0.2) is 4.39 Å². The van der Waals surface area contributed by atoms with Gasteiger partial charge in [-0.2, -0.15) is 0 Å². The topological polar surface area (TPSA) is 96.5 Å². The van der Waals surface area contributed by atoms with Gasteiger partial charge < -0.3 is 20.7 Å². The molecule has 3 N–H and O–H groups in total. The molecule has 0 fully saturated rings. The van der Waals surface area contributed by atoms with Crippen LogP contribution in [0.1, 0.15) is 15.9 Å². The summed E-state index contributed by atoms with van der Waals surface area (Å²) in [5, 5.41) is 8.16. The van der Waals surface area contributed by atoms with Gasteiger partial charge in [0.1, 0.15) is 17.3 Å². The number of amides is 3. The van der Waals surface area contributed by atoms with E-state index in [-0.39, 0.29) is 22.9 Å². The van der Waals surface area contributed by atoms with Crippen LogP contribution in [-0.4, -0.2) is 30.6 Å². The first-order valence-electron chi connectivity index (χ1n) is 12.2. The van der Waals surface area contributed by atoms with Crippen molar-refractivity contribution < 1.29 is 23.5 Å². The van der Waals surface area contributed by atoms with E-state index in [1.165, 1.54) is 36.0 Å². The summed E-state index contributed by atoms with van der Waals surface area (Å²) < 4.78 is 19.5. The maximum atomic E-state index is 14.3. The summed E-state index contributed by atoms with van der Waals surface area (Å²) in [7, 11) is 1.57. The molecule has 40 heavy (non-hydrogen) atoms. The second-order valence-electron chi connectivity index (χ2n) is 8.45. The third-order valence-electron chi connectivity index (χ3n) is 5.57. The Labute approximate surface area is 235 Å². The number of ether oxygens (including phenoxy) is 1. The zero-order valence-electron chi connectivity index (χ0n) is 21.5. The predicted octanol–water partition coefficient (Wildman–Crippen LogP) is 5.97. The number of halogens is 1. The minimum Gasteiger partial charge on any atom is -0.497 e. The third kappa shape index (κ3) is 8.05. The van der Waals surface area contributed by atoms with Crippen LogP contribution < -0.4 is 20.7 Å². The monoisotopic (exact) mass is 555 g/mol. The summed E-state index contributed by atoms with van der Waals surface area (Å²) in [6, 6.07) is 28.3. The lowest BCUT2D eigenvalue weighted by Gasteiger charge is -2.12. The van der Waals surface area contributed by atoms with Crippen LogP contribution in [-0.2, 0) is 9.59 Å². The van der Waals surface area contributed by atoms with Crippen molar-refractivity contribution in [2.45, 2.75) is 4.90 Å². The van der Waals surface area contributed by atoms with Crippen molar-refractivity contribution in [1.82, 2.24) is 5.32 Å². The Bertz CT molecular complexity index is 1530. The fourth-order valence-electron chi connectivity index (χ4n) is 3.57. The number of hydrogen-bond acceptors (Lipinski definition) is 5. The van der Waals surface area contributed by atoms with Gasteiger partial charge in [-0.3, -0.25) is 14.4 Å². The van der Waals surface area contributed by atoms with Crippen LogP contribution in [0.4, 0.5) is 15.8 Å². The Hall–Kier alpha value is -4.89. The molecule has 0 aliphatic rings. The van der Waals surface area contributed by atoms with Crippen molar-refractivity contribution in [3.63, 3.8) is 0 Å². The number of thioether (sulfide) groups is 1. The van der Waals surface area contributed by atoms with Gasteiger partial charge in [-0.05, 0) is 66.7 Å². The first-order chi connectivity index (χ1) is 19.4. The SMILES string of the molecule is COc1ccc(NC(=O)CSc2cccc(NC(=O)/C(=C/c3ccccc3F)NC(=O)c3ccccc3)c2)cc1. The van der Waals surface area contributed by atoms with E-state index in [0.717, 1.165) is 4.90 Å². The van der Waals surface area contributed by atoms with E-state index in [1.807, 2.05) is 6.07 Å². The maximum absolute atomic E-state index is 14.3. The minimum atomic E-state index is -0.632. The molecule has 0 spiro atoms. The second kappa shape index (κ2) is 13.8. The zero-order valence-corrected chi connectivity index (χ0v) is 22.3. The zero-order chi connectivity index (χ0) is 28.3. The van der Waals surface area contributed by atoms with Gasteiger partial charge in [0, 0.05) is 27.4 Å². The van der Waals surface area contributed by atoms with Crippen molar-refractivity contribution >= 4 is 46.9 Å². The first kappa shape index (κ1) is 28.1. The lowest BCUT2D eigenvalue weighted by molar-refractivity contribution is -0.114. The molecule has 4 rings (SSSR count). The van der Waals surface area contributed by atoms with Gasteiger partial charge in [0.2, 0.25) is 5.91 Å². The van der Waals surface area contributed by atoms with E-state index < -0.39 is 17.6 Å². The molecule has 0 saturated heterocycles. The fraction of sp³-hybridized carbons (Fsp3) is 0.0645. The number of nitrogens with one attached hydrogen (secondary N) is 3. The Balaban J connectivity index is 1.44. The number of hydrogen-bond donors (Lipinski definition) is 3. The molecule has 202 valence electrons. The van der Waals surface area contributed by atoms with Crippen LogP contribution in [0, 0.1) is 5.82 Å². The lowest BCUT2D eigenvalue weighted by atomic mass is 10.1. The number of methoxy groups -OCH3 is 1. The molecule has 0 heterocycles. The molecule has 0 saturated carbocycles. The molecule has 0 radical (unpaired) electrons. The highest BCUT2D eigenvalue weighted by atomic mass is 32.2. The number of carbonyl (C=O) groups is 3. The van der Waals surface area contributed by atoms with Crippen molar-refractivity contribution in [1.29, 1.82) is 0 Å². The largest absolute Gasteiger partial charge is 0.497 e. The number of anilines is 2. The number of rotatable bonds is 10. The molecule has 0 aliphatic carbocycles. The molecule has 0 atom stereocenters. The molecule has 0 aliphatic heterocycles. The Morgan fingerprint density at radius 1 is 0.825 bits per heavy atom. The fourth-order valence-corrected chi connectivity index (χ4v) is 4.33. The highest BCUT2D eigenvalue weighted by Crippen LogP contribution is 2.23. The highest BCUT2D eigenvalue weighted by molar-refractivity contribution is 8.00. The Morgan fingerprint density at radius 3 is 2.27 bits per heavy atom. The number of benzene rings is 4. The van der Waals surface area contributed by atoms with E-state index in [0.29, 0.717) is 22.7 Å². The summed E-state index contributed by atoms with van der Waals surface area (Å²) in [5.41, 5.74) is 1.46. The van der Waals surface area contributed by atoms with Gasteiger partial charge in [0.25, 0.3) is 11.8 Å². The standard InChI is InChI=1S/C31H26FN3O4S/c1-39-25-16-14-23(15-17-25)33-29(36)20-40-26-12-7-11-24(19-26)34-31(38)28(18-22-10-5-6-13-27(22)32)35-30(37)21-8-3-2-4-9-21/h2-19H,20H2,1H3,(H,33,36)(H,34,38)(H,35,37)/b28-18-. The molecule has 4 aromatic carbocycles. The van der Waals surface area contributed by atoms with Gasteiger partial charge >= 0.3 is 0 Å². The smallest absolute Gasteiger partial charge is 0.272 e. The third-order valence-corrected chi connectivity index (χ3v) is 6.56. The minimum absolute atomic E-state index is 0.129. The highest BCUT2D eigenvalue weighted by Gasteiger charge is 2.16. The van der Waals surface area contributed by atoms with Crippen LogP contribution in [0.25, 0.3) is 6.08 Å². The van der Waals surface area contributed by atoms with Crippen molar-refractivity contribution in [2.24, 2.45) is 0 Å². The maximum Gasteiger partial charge on any atom is 0.272 e. The summed E-state index contributed by atoms with van der Waals surface area (Å²) in [6.07, 6.45) is 1.29. The van der Waals surface area contributed by atoms with Crippen molar-refractivity contribution in [2.75, 3.05) is 23.5 Å². The predicted molar refractivity (Wildman–Crippen MR) is 156 cm³/mol. The molecule has 9 heteroatoms. The molecule has 3 amide bonds. The molecule has 4 aromatic rings. The van der Waals surface area contributed by atoms with Crippen LogP contribution in [0.5, 0.6) is 5.75 Å². The van der Waals surface area contributed by atoms with E-state index in [2.05, 4.69) is 16.0 Å². The second-order valence-corrected chi connectivity index (χ2v) is 9.50. The van der Waals surface area contributed by atoms with E-state index in [1.54, 1.807) is 86.0 Å². The molecule has 0 unspecified atom stereocenters. The summed E-state index contributed by atoms with van der Waals surface area (Å²) in [6.45, 7) is 0. The Kier molecular flexibility index (Phi) is 9.68. The van der Waals surface area contributed by atoms with E-state index in [4.69, 9.17) is 4.74 Å². The average molecular weight is 556 g/mol. The summed E-state index contributed by atoms with van der Waals surface area (Å²) in [4.78, 5) is 39.2. The molecular formula is C31H26FN3O4S. The van der Waals surface area contributed by atoms with E-state index >= 15 is 0 Å². The van der Waals surface area contributed by atoms with Gasteiger partial charge in [-0.15, -0.1) is 11.8 Å². The summed E-state index contributed by atoms with van der Waals surface area (Å²) >= 11 is 1.30. The molecule has 0 bridgehead atoms. The van der Waals surface area contributed by atoms with Gasteiger partial charge in [0.15, 0.2) is 0 Å². The lowest BCUT2D eigenvalue weighted by Crippen LogP contribution is -2.30. The molecular weight excluding hydrogens is 529 g/mol. The summed E-state index contributed by atoms with van der Waals surface area (Å²) in [5.74, 6) is -1.03. The average Bonchev–Trinajstić information content (AvgIpc) is 2.98. The number of carbonyl (C=O) groups excluding carboxylic acids is 3. The first-order valence-corrected chi connectivity index (χ1v) is 13.2. The molecule has 7 nitrogen and oxygen atoms in total. The van der Waals surface area contributed by atoms with Crippen LogP contribution in [0.3, 0.4) is 0 Å². The van der Waals surface area contributed by atoms with Crippen molar-refractivity contribution in [3.8, 4) is 5.75 Å². The Morgan fingerprint density at radius 2 is 1.55 bits per heavy atom. The van der Waals surface area contributed by atoms with Crippen LogP contribution in [0.2, 0.25) is 0 Å². The van der Waals surface area contributed by atoms with E-state index in [9.17, 15) is 18.8 Å². The van der Waals surface area contributed by atoms with Crippen LogP contribution in [0.15, 0.2) is 114 Å². The van der Waals surface area contributed by atoms with Gasteiger partial charge in [0.05, 0.1) is 12.9 Å². The molecule has 0 aromatic heterocycles. The normalized spacial score (nSPS) is 10.9. The quantitative estimate of drug-likeness (QED) is 0.165. The van der Waals surface area contributed by atoms with Crippen molar-refractivity contribution in [3.05, 3.63) is 126 Å². The van der Waals surface area contributed by atoms with Crippen LogP contribution >= 0.6 is 11.8 Å².